The highest BCUT2D eigenvalue weighted by molar-refractivity contribution is 6.06. The summed E-state index contributed by atoms with van der Waals surface area (Å²) in [6.45, 7) is 6.01. The van der Waals surface area contributed by atoms with Crippen molar-refractivity contribution in [3.8, 4) is 0 Å². The summed E-state index contributed by atoms with van der Waals surface area (Å²) >= 11 is 0. The first-order valence-electron chi connectivity index (χ1n) is 5.66. The summed E-state index contributed by atoms with van der Waals surface area (Å²) in [7, 11) is 0. The SMILES string of the molecule is CCC(=O)C(C)C(=O)OC(=O)C(C)C(=O)CC. The molecule has 0 heterocycles. The van der Waals surface area contributed by atoms with Gasteiger partial charge in [0.05, 0.1) is 0 Å². The maximum atomic E-state index is 11.4. The molecule has 2 atom stereocenters. The van der Waals surface area contributed by atoms with Gasteiger partial charge in [0.1, 0.15) is 23.4 Å². The molecule has 0 fully saturated rings. The van der Waals surface area contributed by atoms with Crippen molar-refractivity contribution in [1.29, 1.82) is 0 Å². The van der Waals surface area contributed by atoms with Crippen LogP contribution < -0.4 is 0 Å². The smallest absolute Gasteiger partial charge is 0.323 e. The lowest BCUT2D eigenvalue weighted by Gasteiger charge is -2.11. The fraction of sp³-hybridized carbons (Fsp3) is 0.667. The minimum absolute atomic E-state index is 0.202. The molecule has 0 aromatic carbocycles. The summed E-state index contributed by atoms with van der Waals surface area (Å²) in [6, 6.07) is 0. The van der Waals surface area contributed by atoms with E-state index < -0.39 is 23.8 Å². The minimum atomic E-state index is -0.965. The number of esters is 2. The first kappa shape index (κ1) is 15.5. The van der Waals surface area contributed by atoms with Gasteiger partial charge < -0.3 is 4.74 Å². The second-order valence-corrected chi connectivity index (χ2v) is 3.82. The fourth-order valence-corrected chi connectivity index (χ4v) is 1.15. The number of ether oxygens (including phenoxy) is 1. The number of carbonyl (C=O) groups excluding carboxylic acids is 4. The van der Waals surface area contributed by atoms with Crippen molar-refractivity contribution < 1.29 is 23.9 Å². The molecule has 0 aliphatic carbocycles. The van der Waals surface area contributed by atoms with E-state index in [1.165, 1.54) is 13.8 Å². The highest BCUT2D eigenvalue weighted by atomic mass is 16.6. The van der Waals surface area contributed by atoms with Crippen LogP contribution in [0.2, 0.25) is 0 Å². The molecule has 17 heavy (non-hydrogen) atoms. The third kappa shape index (κ3) is 4.46. The highest BCUT2D eigenvalue weighted by Crippen LogP contribution is 2.08. The van der Waals surface area contributed by atoms with Gasteiger partial charge in [-0.3, -0.25) is 19.2 Å². The molecular formula is C12H18O5. The highest BCUT2D eigenvalue weighted by Gasteiger charge is 2.28. The van der Waals surface area contributed by atoms with Crippen LogP contribution in [-0.4, -0.2) is 23.5 Å². The van der Waals surface area contributed by atoms with Gasteiger partial charge in [-0.25, -0.2) is 0 Å². The number of carbonyl (C=O) groups is 4. The van der Waals surface area contributed by atoms with E-state index in [-0.39, 0.29) is 24.4 Å². The topological polar surface area (TPSA) is 77.5 Å². The van der Waals surface area contributed by atoms with Crippen LogP contribution in [0.5, 0.6) is 0 Å². The van der Waals surface area contributed by atoms with Gasteiger partial charge in [0.15, 0.2) is 0 Å². The number of Topliss-reactive ketones (excluding diaryl/α,β-unsaturated/α-hetero) is 2. The van der Waals surface area contributed by atoms with Crippen LogP contribution >= 0.6 is 0 Å². The Morgan fingerprint density at radius 1 is 0.824 bits per heavy atom. The van der Waals surface area contributed by atoms with Gasteiger partial charge in [-0.1, -0.05) is 13.8 Å². The molecule has 0 aromatic rings. The van der Waals surface area contributed by atoms with E-state index in [0.717, 1.165) is 0 Å². The van der Waals surface area contributed by atoms with Crippen molar-refractivity contribution in [1.82, 2.24) is 0 Å². The van der Waals surface area contributed by atoms with E-state index >= 15 is 0 Å². The number of rotatable bonds is 6. The molecule has 96 valence electrons. The maximum Gasteiger partial charge on any atom is 0.323 e. The summed E-state index contributed by atoms with van der Waals surface area (Å²) in [5.74, 6) is -4.30. The van der Waals surface area contributed by atoms with Gasteiger partial charge in [0, 0.05) is 12.8 Å². The van der Waals surface area contributed by atoms with Crippen molar-refractivity contribution in [2.24, 2.45) is 11.8 Å². The van der Waals surface area contributed by atoms with Crippen LogP contribution in [0.1, 0.15) is 40.5 Å². The first-order chi connectivity index (χ1) is 7.84. The second kappa shape index (κ2) is 6.93. The number of hydrogen-bond acceptors (Lipinski definition) is 5. The summed E-state index contributed by atoms with van der Waals surface area (Å²) in [6.07, 6.45) is 0.405. The summed E-state index contributed by atoms with van der Waals surface area (Å²) in [5.41, 5.74) is 0. The normalized spacial score (nSPS) is 13.6. The third-order valence-corrected chi connectivity index (χ3v) is 2.57. The Balaban J connectivity index is 4.44. The van der Waals surface area contributed by atoms with Gasteiger partial charge in [-0.05, 0) is 13.8 Å². The lowest BCUT2D eigenvalue weighted by Crippen LogP contribution is -2.30. The quantitative estimate of drug-likeness (QED) is 0.518. The molecule has 0 N–H and O–H groups in total. The molecule has 0 aromatic heterocycles. The van der Waals surface area contributed by atoms with Crippen LogP contribution in [0.3, 0.4) is 0 Å². The van der Waals surface area contributed by atoms with Crippen LogP contribution in [0.25, 0.3) is 0 Å². The molecule has 5 nitrogen and oxygen atoms in total. The maximum absolute atomic E-state index is 11.4. The Morgan fingerprint density at radius 2 is 1.12 bits per heavy atom. The van der Waals surface area contributed by atoms with E-state index in [0.29, 0.717) is 0 Å². The molecule has 0 spiro atoms. The molecule has 5 heteroatoms. The Kier molecular flexibility index (Phi) is 6.31. The average Bonchev–Trinajstić information content (AvgIpc) is 2.34. The van der Waals surface area contributed by atoms with E-state index in [9.17, 15) is 19.2 Å². The van der Waals surface area contributed by atoms with Crippen molar-refractivity contribution >= 4 is 23.5 Å². The summed E-state index contributed by atoms with van der Waals surface area (Å²) < 4.78 is 4.50. The fourth-order valence-electron chi connectivity index (χ4n) is 1.15. The van der Waals surface area contributed by atoms with Gasteiger partial charge >= 0.3 is 11.9 Å². The van der Waals surface area contributed by atoms with Crippen LogP contribution in [-0.2, 0) is 23.9 Å². The molecule has 2 unspecified atom stereocenters. The summed E-state index contributed by atoms with van der Waals surface area (Å²) in [4.78, 5) is 45.2. The molecule has 0 rings (SSSR count). The Bertz CT molecular complexity index is 300. The van der Waals surface area contributed by atoms with Gasteiger partial charge in [0.2, 0.25) is 0 Å². The Morgan fingerprint density at radius 3 is 1.35 bits per heavy atom. The zero-order chi connectivity index (χ0) is 13.6. The predicted molar refractivity (Wildman–Crippen MR) is 60.0 cm³/mol. The molecule has 0 aliphatic heterocycles. The molecule has 0 saturated heterocycles. The van der Waals surface area contributed by atoms with Crippen molar-refractivity contribution in [3.05, 3.63) is 0 Å². The van der Waals surface area contributed by atoms with Gasteiger partial charge in [0.25, 0.3) is 0 Å². The molecule has 0 saturated carbocycles. The Hall–Kier alpha value is -1.52. The number of hydrogen-bond donors (Lipinski definition) is 0. The predicted octanol–water partition coefficient (Wildman–Crippen LogP) is 1.29. The van der Waals surface area contributed by atoms with Crippen LogP contribution in [0.15, 0.2) is 0 Å². The van der Waals surface area contributed by atoms with Crippen molar-refractivity contribution in [3.63, 3.8) is 0 Å². The Labute approximate surface area is 101 Å². The largest absolute Gasteiger partial charge is 0.392 e. The van der Waals surface area contributed by atoms with Crippen LogP contribution in [0, 0.1) is 11.8 Å². The first-order valence-corrected chi connectivity index (χ1v) is 5.66. The second-order valence-electron chi connectivity index (χ2n) is 3.82. The monoisotopic (exact) mass is 242 g/mol. The minimum Gasteiger partial charge on any atom is -0.392 e. The molecule has 0 aliphatic rings. The van der Waals surface area contributed by atoms with Gasteiger partial charge in [-0.15, -0.1) is 0 Å². The van der Waals surface area contributed by atoms with E-state index in [1.807, 2.05) is 0 Å². The zero-order valence-electron chi connectivity index (χ0n) is 10.6. The van der Waals surface area contributed by atoms with E-state index in [1.54, 1.807) is 13.8 Å². The van der Waals surface area contributed by atoms with E-state index in [4.69, 9.17) is 0 Å². The molecule has 0 radical (unpaired) electrons. The lowest BCUT2D eigenvalue weighted by atomic mass is 10.0. The lowest BCUT2D eigenvalue weighted by molar-refractivity contribution is -0.166. The standard InChI is InChI=1S/C12H18O5/c1-5-9(13)7(3)11(15)17-12(16)8(4)10(14)6-2/h7-8H,5-6H2,1-4H3. The van der Waals surface area contributed by atoms with Gasteiger partial charge in [-0.2, -0.15) is 0 Å². The number of ketones is 2. The average molecular weight is 242 g/mol. The summed E-state index contributed by atoms with van der Waals surface area (Å²) in [5, 5.41) is 0. The third-order valence-electron chi connectivity index (χ3n) is 2.57. The zero-order valence-corrected chi connectivity index (χ0v) is 10.6. The van der Waals surface area contributed by atoms with Crippen molar-refractivity contribution in [2.75, 3.05) is 0 Å². The molecular weight excluding hydrogens is 224 g/mol. The van der Waals surface area contributed by atoms with Crippen LogP contribution in [0.4, 0.5) is 0 Å². The molecule has 0 amide bonds. The van der Waals surface area contributed by atoms with E-state index in [2.05, 4.69) is 4.74 Å². The molecule has 0 bridgehead atoms. The van der Waals surface area contributed by atoms with Crippen molar-refractivity contribution in [2.45, 2.75) is 40.5 Å².